The van der Waals surface area contributed by atoms with E-state index in [0.717, 1.165) is 31.6 Å². The van der Waals surface area contributed by atoms with Gasteiger partial charge in [0.1, 0.15) is 0 Å². The predicted molar refractivity (Wildman–Crippen MR) is 57.3 cm³/mol. The number of carbonyl (C=O) groups excluding carboxylic acids is 1. The van der Waals surface area contributed by atoms with E-state index in [1.165, 1.54) is 0 Å². The van der Waals surface area contributed by atoms with Gasteiger partial charge in [0.2, 0.25) is 5.91 Å². The van der Waals surface area contributed by atoms with Crippen LogP contribution >= 0.6 is 0 Å². The van der Waals surface area contributed by atoms with Gasteiger partial charge in [-0.25, -0.2) is 0 Å². The van der Waals surface area contributed by atoms with Gasteiger partial charge in [-0.05, 0) is 25.0 Å². The fraction of sp³-hybridized carbons (Fsp3) is 0.455. The third kappa shape index (κ3) is 2.26. The van der Waals surface area contributed by atoms with E-state index in [2.05, 4.69) is 9.88 Å². The topological polar surface area (TPSA) is 57.0 Å². The van der Waals surface area contributed by atoms with Crippen LogP contribution in [0.2, 0.25) is 0 Å². The quantitative estimate of drug-likeness (QED) is 0.725. The molecule has 0 unspecified atom stereocenters. The van der Waals surface area contributed by atoms with E-state index in [4.69, 9.17) is 5.73 Å². The number of hydrogen-bond donors (Lipinski definition) is 0. The number of amides is 1. The molecule has 0 aromatic carbocycles. The summed E-state index contributed by atoms with van der Waals surface area (Å²) in [7, 11) is 0. The summed E-state index contributed by atoms with van der Waals surface area (Å²) < 4.78 is 0. The Morgan fingerprint density at radius 1 is 1.33 bits per heavy atom. The Balaban J connectivity index is 1.97. The van der Waals surface area contributed by atoms with Crippen LogP contribution < -0.4 is 10.6 Å². The highest BCUT2D eigenvalue weighted by atomic mass is 16.1. The lowest BCUT2D eigenvalue weighted by Gasteiger charge is -2.31. The molecule has 1 N–H and O–H groups in total. The summed E-state index contributed by atoms with van der Waals surface area (Å²) in [6.07, 6.45) is 5.14. The van der Waals surface area contributed by atoms with Crippen molar-refractivity contribution in [1.82, 2.24) is 10.7 Å². The molecule has 79 valence electrons. The second-order valence-corrected chi connectivity index (χ2v) is 3.83. The van der Waals surface area contributed by atoms with Gasteiger partial charge >= 0.3 is 0 Å². The summed E-state index contributed by atoms with van der Waals surface area (Å²) >= 11 is 0. The van der Waals surface area contributed by atoms with Crippen molar-refractivity contribution in [2.45, 2.75) is 12.8 Å². The van der Waals surface area contributed by atoms with Gasteiger partial charge in [0.25, 0.3) is 0 Å². The average Bonchev–Trinajstić information content (AvgIpc) is 2.30. The third-order valence-corrected chi connectivity index (χ3v) is 2.89. The molecule has 1 radical (unpaired) electrons. The lowest BCUT2D eigenvalue weighted by molar-refractivity contribution is -0.123. The van der Waals surface area contributed by atoms with E-state index in [1.54, 1.807) is 12.4 Å². The first-order chi connectivity index (χ1) is 7.27. The maximum Gasteiger partial charge on any atom is 0.241 e. The summed E-state index contributed by atoms with van der Waals surface area (Å²) in [6.45, 7) is 1.72. The first kappa shape index (κ1) is 9.96. The minimum atomic E-state index is -0.413. The molecule has 1 aliphatic heterocycles. The first-order valence-corrected chi connectivity index (χ1v) is 5.18. The monoisotopic (exact) mass is 204 g/mol. The van der Waals surface area contributed by atoms with E-state index < -0.39 is 5.91 Å². The molecule has 0 bridgehead atoms. The highest BCUT2D eigenvalue weighted by Crippen LogP contribution is 2.22. The lowest BCUT2D eigenvalue weighted by Crippen LogP contribution is -2.36. The standard InChI is InChI=1S/C11H14N3O/c12-11(15)9-3-7-14(8-4-9)10-1-5-13-6-2-10/h1-2,5-6,9,12H,3-4,7-8H2. The van der Waals surface area contributed by atoms with E-state index >= 15 is 0 Å². The molecule has 1 aromatic heterocycles. The van der Waals surface area contributed by atoms with Crippen LogP contribution in [0.4, 0.5) is 5.69 Å². The number of aromatic nitrogens is 1. The smallest absolute Gasteiger partial charge is 0.241 e. The summed E-state index contributed by atoms with van der Waals surface area (Å²) in [5.74, 6) is -0.465. The van der Waals surface area contributed by atoms with Crippen molar-refractivity contribution in [2.24, 2.45) is 5.92 Å². The van der Waals surface area contributed by atoms with Crippen LogP contribution in [0, 0.1) is 5.92 Å². The second-order valence-electron chi connectivity index (χ2n) is 3.83. The van der Waals surface area contributed by atoms with Crippen LogP contribution in [0.15, 0.2) is 24.5 Å². The van der Waals surface area contributed by atoms with Crippen LogP contribution in [0.1, 0.15) is 12.8 Å². The van der Waals surface area contributed by atoms with Crippen molar-refractivity contribution in [2.75, 3.05) is 18.0 Å². The van der Waals surface area contributed by atoms with Gasteiger partial charge in [-0.3, -0.25) is 15.5 Å². The molecule has 0 aliphatic carbocycles. The molecule has 0 spiro atoms. The molecule has 4 nitrogen and oxygen atoms in total. The Hall–Kier alpha value is -1.58. The number of rotatable bonds is 2. The highest BCUT2D eigenvalue weighted by molar-refractivity contribution is 5.76. The number of hydrogen-bond acceptors (Lipinski definition) is 3. The molecule has 0 atom stereocenters. The zero-order valence-electron chi connectivity index (χ0n) is 8.52. The molecule has 1 fully saturated rings. The maximum absolute atomic E-state index is 10.9. The molecule has 1 aromatic rings. The van der Waals surface area contributed by atoms with Crippen molar-refractivity contribution in [1.29, 1.82) is 0 Å². The van der Waals surface area contributed by atoms with E-state index in [0.29, 0.717) is 0 Å². The lowest BCUT2D eigenvalue weighted by atomic mass is 9.96. The number of piperidine rings is 1. The van der Waals surface area contributed by atoms with Crippen molar-refractivity contribution >= 4 is 11.6 Å². The minimum Gasteiger partial charge on any atom is -0.371 e. The van der Waals surface area contributed by atoms with Crippen molar-refractivity contribution in [3.8, 4) is 0 Å². The Bertz CT molecular complexity index is 331. The van der Waals surface area contributed by atoms with Crippen molar-refractivity contribution < 1.29 is 4.79 Å². The minimum absolute atomic E-state index is 0.0527. The molecular weight excluding hydrogens is 190 g/mol. The zero-order valence-corrected chi connectivity index (χ0v) is 8.52. The molecule has 0 saturated carbocycles. The third-order valence-electron chi connectivity index (χ3n) is 2.89. The number of nitrogens with zero attached hydrogens (tertiary/aromatic N) is 2. The van der Waals surface area contributed by atoms with Crippen LogP contribution in [-0.2, 0) is 4.79 Å². The molecule has 2 heterocycles. The van der Waals surface area contributed by atoms with Crippen molar-refractivity contribution in [3.63, 3.8) is 0 Å². The summed E-state index contributed by atoms with van der Waals surface area (Å²) in [4.78, 5) is 17.1. The number of pyridine rings is 1. The van der Waals surface area contributed by atoms with Gasteiger partial charge in [-0.15, -0.1) is 0 Å². The van der Waals surface area contributed by atoms with Gasteiger partial charge in [-0.2, -0.15) is 0 Å². The fourth-order valence-electron chi connectivity index (χ4n) is 1.95. The summed E-state index contributed by atoms with van der Waals surface area (Å²) in [5.41, 5.74) is 8.23. The Morgan fingerprint density at radius 3 is 2.47 bits per heavy atom. The van der Waals surface area contributed by atoms with Crippen LogP contribution in [0.3, 0.4) is 0 Å². The average molecular weight is 204 g/mol. The summed E-state index contributed by atoms with van der Waals surface area (Å²) in [6, 6.07) is 3.95. The van der Waals surface area contributed by atoms with E-state index in [1.807, 2.05) is 12.1 Å². The largest absolute Gasteiger partial charge is 0.371 e. The molecule has 4 heteroatoms. The van der Waals surface area contributed by atoms with Gasteiger partial charge in [0, 0.05) is 37.1 Å². The summed E-state index contributed by atoms with van der Waals surface area (Å²) in [5, 5.41) is 0. The van der Waals surface area contributed by atoms with Gasteiger partial charge in [-0.1, -0.05) is 0 Å². The van der Waals surface area contributed by atoms with Gasteiger partial charge in [0.05, 0.1) is 0 Å². The van der Waals surface area contributed by atoms with Crippen molar-refractivity contribution in [3.05, 3.63) is 24.5 Å². The maximum atomic E-state index is 10.9. The van der Waals surface area contributed by atoms with Crippen LogP contribution in [-0.4, -0.2) is 24.0 Å². The first-order valence-electron chi connectivity index (χ1n) is 5.18. The molecule has 1 saturated heterocycles. The number of carbonyl (C=O) groups is 1. The number of anilines is 1. The SMILES string of the molecule is [NH]C(=O)C1CCN(c2ccncc2)CC1. The molecule has 1 amide bonds. The van der Waals surface area contributed by atoms with Crippen LogP contribution in [0.5, 0.6) is 0 Å². The van der Waals surface area contributed by atoms with E-state index in [9.17, 15) is 4.79 Å². The molecule has 2 rings (SSSR count). The Morgan fingerprint density at radius 2 is 1.93 bits per heavy atom. The zero-order chi connectivity index (χ0) is 10.7. The van der Waals surface area contributed by atoms with Gasteiger partial charge < -0.3 is 4.90 Å². The molecule has 1 aliphatic rings. The Kier molecular flexibility index (Phi) is 2.85. The second kappa shape index (κ2) is 4.29. The van der Waals surface area contributed by atoms with Gasteiger partial charge in [0.15, 0.2) is 0 Å². The fourth-order valence-corrected chi connectivity index (χ4v) is 1.95. The molecule has 15 heavy (non-hydrogen) atoms. The molecular formula is C11H14N3O. The van der Waals surface area contributed by atoms with E-state index in [-0.39, 0.29) is 5.92 Å². The Labute approximate surface area is 89.1 Å². The predicted octanol–water partition coefficient (Wildman–Crippen LogP) is 1.11. The highest BCUT2D eigenvalue weighted by Gasteiger charge is 2.23. The normalized spacial score (nSPS) is 17.7. The van der Waals surface area contributed by atoms with Crippen LogP contribution in [0.25, 0.3) is 0 Å². The number of nitrogens with one attached hydrogen (secondary N) is 1.